The van der Waals surface area contributed by atoms with E-state index in [1.807, 2.05) is 54.6 Å². The second-order valence-corrected chi connectivity index (χ2v) is 6.84. The maximum atomic E-state index is 12.4. The third-order valence-corrected chi connectivity index (χ3v) is 4.57. The van der Waals surface area contributed by atoms with Crippen LogP contribution >= 0.6 is 11.6 Å². The molecule has 0 bridgehead atoms. The summed E-state index contributed by atoms with van der Waals surface area (Å²) in [6, 6.07) is 20.3. The molecule has 0 radical (unpaired) electrons. The predicted molar refractivity (Wildman–Crippen MR) is 110 cm³/mol. The van der Waals surface area contributed by atoms with Gasteiger partial charge in [0.05, 0.1) is 12.2 Å². The standard InChI is InChI=1S/C21H18ClN5O2/c1-14(29-17-5-3-2-4-6-17)21(28)23-13-20-25-24-19-12-11-18(26-27(19)20)15-7-9-16(22)10-8-15/h2-12,14H,13H2,1H3,(H,23,28)/t14-/m0/s1. The van der Waals surface area contributed by atoms with Crippen LogP contribution in [0.3, 0.4) is 0 Å². The van der Waals surface area contributed by atoms with Gasteiger partial charge in [0.2, 0.25) is 0 Å². The number of benzene rings is 2. The Morgan fingerprint density at radius 1 is 1.07 bits per heavy atom. The molecule has 0 aliphatic carbocycles. The number of amides is 1. The molecule has 2 aromatic carbocycles. The lowest BCUT2D eigenvalue weighted by atomic mass is 10.1. The van der Waals surface area contributed by atoms with Crippen LogP contribution in [0.25, 0.3) is 16.9 Å². The van der Waals surface area contributed by atoms with Gasteiger partial charge in [-0.15, -0.1) is 10.2 Å². The van der Waals surface area contributed by atoms with E-state index in [4.69, 9.17) is 16.3 Å². The second-order valence-electron chi connectivity index (χ2n) is 6.40. The van der Waals surface area contributed by atoms with Crippen molar-refractivity contribution in [3.05, 3.63) is 77.6 Å². The van der Waals surface area contributed by atoms with Crippen LogP contribution < -0.4 is 10.1 Å². The topological polar surface area (TPSA) is 81.4 Å². The molecule has 1 N–H and O–H groups in total. The first-order chi connectivity index (χ1) is 14.1. The van der Waals surface area contributed by atoms with E-state index in [2.05, 4.69) is 20.6 Å². The molecule has 0 saturated heterocycles. The highest BCUT2D eigenvalue weighted by atomic mass is 35.5. The molecule has 1 amide bonds. The average molecular weight is 408 g/mol. The Labute approximate surface area is 172 Å². The maximum Gasteiger partial charge on any atom is 0.261 e. The summed E-state index contributed by atoms with van der Waals surface area (Å²) >= 11 is 5.95. The number of fused-ring (bicyclic) bond motifs is 1. The van der Waals surface area contributed by atoms with Gasteiger partial charge in [-0.1, -0.05) is 41.9 Å². The molecule has 146 valence electrons. The summed E-state index contributed by atoms with van der Waals surface area (Å²) in [4.78, 5) is 12.4. The van der Waals surface area contributed by atoms with Gasteiger partial charge in [0, 0.05) is 10.6 Å². The Bertz CT molecular complexity index is 1130. The lowest BCUT2D eigenvalue weighted by molar-refractivity contribution is -0.127. The SMILES string of the molecule is C[C@H](Oc1ccccc1)C(=O)NCc1nnc2ccc(-c3ccc(Cl)cc3)nn12. The van der Waals surface area contributed by atoms with Crippen molar-refractivity contribution < 1.29 is 9.53 Å². The number of hydrogen-bond donors (Lipinski definition) is 1. The Hall–Kier alpha value is -3.45. The predicted octanol–water partition coefficient (Wildman–Crippen LogP) is 3.53. The lowest BCUT2D eigenvalue weighted by Gasteiger charge is -2.14. The molecule has 8 heteroatoms. The quantitative estimate of drug-likeness (QED) is 0.528. The largest absolute Gasteiger partial charge is 0.481 e. The Kier molecular flexibility index (Phi) is 5.39. The van der Waals surface area contributed by atoms with Crippen molar-refractivity contribution in [2.45, 2.75) is 19.6 Å². The summed E-state index contributed by atoms with van der Waals surface area (Å²) in [5.41, 5.74) is 2.27. The molecule has 1 atom stereocenters. The normalized spacial score (nSPS) is 11.9. The van der Waals surface area contributed by atoms with Crippen LogP contribution in [0.2, 0.25) is 5.02 Å². The zero-order chi connectivity index (χ0) is 20.2. The van der Waals surface area contributed by atoms with Crippen LogP contribution in [-0.4, -0.2) is 31.8 Å². The molecule has 0 unspecified atom stereocenters. The Morgan fingerprint density at radius 3 is 2.59 bits per heavy atom. The average Bonchev–Trinajstić information content (AvgIpc) is 3.15. The lowest BCUT2D eigenvalue weighted by Crippen LogP contribution is -2.36. The molecule has 7 nitrogen and oxygen atoms in total. The zero-order valence-electron chi connectivity index (χ0n) is 15.6. The van der Waals surface area contributed by atoms with Crippen molar-refractivity contribution in [1.29, 1.82) is 0 Å². The van der Waals surface area contributed by atoms with Crippen LogP contribution in [-0.2, 0) is 11.3 Å². The molecule has 0 aliphatic rings. The van der Waals surface area contributed by atoms with Crippen LogP contribution in [0, 0.1) is 0 Å². The van der Waals surface area contributed by atoms with E-state index in [0.717, 1.165) is 11.3 Å². The molecular formula is C21H18ClN5O2. The first kappa shape index (κ1) is 18.9. The fourth-order valence-electron chi connectivity index (χ4n) is 2.78. The Balaban J connectivity index is 1.47. The van der Waals surface area contributed by atoms with E-state index in [0.29, 0.717) is 22.2 Å². The van der Waals surface area contributed by atoms with Crippen molar-refractivity contribution in [1.82, 2.24) is 25.1 Å². The minimum atomic E-state index is -0.644. The smallest absolute Gasteiger partial charge is 0.261 e. The number of nitrogens with zero attached hydrogens (tertiary/aromatic N) is 4. The van der Waals surface area contributed by atoms with E-state index in [1.165, 1.54) is 0 Å². The van der Waals surface area contributed by atoms with Gasteiger partial charge in [0.15, 0.2) is 17.6 Å². The molecule has 4 aromatic rings. The zero-order valence-corrected chi connectivity index (χ0v) is 16.4. The number of aromatic nitrogens is 4. The maximum absolute atomic E-state index is 12.4. The van der Waals surface area contributed by atoms with Gasteiger partial charge in [-0.25, -0.2) is 0 Å². The molecule has 2 heterocycles. The van der Waals surface area contributed by atoms with E-state index < -0.39 is 6.10 Å². The van der Waals surface area contributed by atoms with Crippen LogP contribution in [0.1, 0.15) is 12.7 Å². The molecule has 29 heavy (non-hydrogen) atoms. The molecule has 0 aliphatic heterocycles. The fraction of sp³-hybridized carbons (Fsp3) is 0.143. The van der Waals surface area contributed by atoms with Crippen molar-refractivity contribution in [2.75, 3.05) is 0 Å². The van der Waals surface area contributed by atoms with E-state index >= 15 is 0 Å². The van der Waals surface area contributed by atoms with Gasteiger partial charge in [-0.2, -0.15) is 9.61 Å². The highest BCUT2D eigenvalue weighted by molar-refractivity contribution is 6.30. The monoisotopic (exact) mass is 407 g/mol. The van der Waals surface area contributed by atoms with Gasteiger partial charge >= 0.3 is 0 Å². The third kappa shape index (κ3) is 4.35. The molecule has 0 fully saturated rings. The summed E-state index contributed by atoms with van der Waals surface area (Å²) in [7, 11) is 0. The number of hydrogen-bond acceptors (Lipinski definition) is 5. The molecule has 2 aromatic heterocycles. The minimum Gasteiger partial charge on any atom is -0.481 e. The molecule has 4 rings (SSSR count). The van der Waals surface area contributed by atoms with Gasteiger partial charge < -0.3 is 10.1 Å². The number of rotatable bonds is 6. The summed E-state index contributed by atoms with van der Waals surface area (Å²) in [6.07, 6.45) is -0.644. The highest BCUT2D eigenvalue weighted by Gasteiger charge is 2.16. The van der Waals surface area contributed by atoms with Crippen LogP contribution in [0.15, 0.2) is 66.7 Å². The van der Waals surface area contributed by atoms with Crippen molar-refractivity contribution in [2.24, 2.45) is 0 Å². The summed E-state index contributed by atoms with van der Waals surface area (Å²) in [5.74, 6) is 0.910. The summed E-state index contributed by atoms with van der Waals surface area (Å²) < 4.78 is 7.26. The molecular weight excluding hydrogens is 390 g/mol. The van der Waals surface area contributed by atoms with Crippen molar-refractivity contribution in [3.8, 4) is 17.0 Å². The van der Waals surface area contributed by atoms with Crippen LogP contribution in [0.5, 0.6) is 5.75 Å². The van der Waals surface area contributed by atoms with E-state index in [-0.39, 0.29) is 12.5 Å². The molecule has 0 spiro atoms. The molecule has 0 saturated carbocycles. The number of ether oxygens (including phenoxy) is 1. The number of para-hydroxylation sites is 1. The number of nitrogens with one attached hydrogen (secondary N) is 1. The van der Waals surface area contributed by atoms with Crippen molar-refractivity contribution >= 4 is 23.2 Å². The summed E-state index contributed by atoms with van der Waals surface area (Å²) in [6.45, 7) is 1.88. The number of carbonyl (C=O) groups is 1. The van der Waals surface area contributed by atoms with Gasteiger partial charge in [-0.3, -0.25) is 4.79 Å². The highest BCUT2D eigenvalue weighted by Crippen LogP contribution is 2.20. The van der Waals surface area contributed by atoms with Gasteiger partial charge in [-0.05, 0) is 43.3 Å². The Morgan fingerprint density at radius 2 is 1.83 bits per heavy atom. The minimum absolute atomic E-state index is 0.180. The van der Waals surface area contributed by atoms with E-state index in [9.17, 15) is 4.79 Å². The first-order valence-electron chi connectivity index (χ1n) is 9.07. The third-order valence-electron chi connectivity index (χ3n) is 4.31. The van der Waals surface area contributed by atoms with Gasteiger partial charge in [0.1, 0.15) is 5.75 Å². The first-order valence-corrected chi connectivity index (χ1v) is 9.44. The number of carbonyl (C=O) groups excluding carboxylic acids is 1. The second kappa shape index (κ2) is 8.28. The van der Waals surface area contributed by atoms with E-state index in [1.54, 1.807) is 23.6 Å². The van der Waals surface area contributed by atoms with Crippen molar-refractivity contribution in [3.63, 3.8) is 0 Å². The number of halogens is 1. The summed E-state index contributed by atoms with van der Waals surface area (Å²) in [5, 5.41) is 16.3. The fourth-order valence-corrected chi connectivity index (χ4v) is 2.91. The van der Waals surface area contributed by atoms with Gasteiger partial charge in [0.25, 0.3) is 5.91 Å². The van der Waals surface area contributed by atoms with Crippen LogP contribution in [0.4, 0.5) is 0 Å².